The molecular weight excluding hydrogens is 202 g/mol. The third-order valence-electron chi connectivity index (χ3n) is 3.23. The van der Waals surface area contributed by atoms with Crippen LogP contribution in [0.25, 0.3) is 0 Å². The van der Waals surface area contributed by atoms with E-state index < -0.39 is 0 Å². The van der Waals surface area contributed by atoms with Gasteiger partial charge in [0.2, 0.25) is 0 Å². The van der Waals surface area contributed by atoms with Crippen LogP contribution in [0.1, 0.15) is 31.5 Å². The lowest BCUT2D eigenvalue weighted by molar-refractivity contribution is 0.175. The van der Waals surface area contributed by atoms with Gasteiger partial charge in [-0.3, -0.25) is 4.68 Å². The van der Waals surface area contributed by atoms with Gasteiger partial charge in [0.1, 0.15) is 0 Å². The van der Waals surface area contributed by atoms with Gasteiger partial charge in [0.05, 0.1) is 18.3 Å². The van der Waals surface area contributed by atoms with Gasteiger partial charge in [0, 0.05) is 25.8 Å². The Morgan fingerprint density at radius 1 is 1.69 bits per heavy atom. The molecule has 1 saturated heterocycles. The summed E-state index contributed by atoms with van der Waals surface area (Å²) in [6, 6.07) is 2.49. The molecule has 0 aromatic carbocycles. The lowest BCUT2D eigenvalue weighted by Crippen LogP contribution is -2.31. The van der Waals surface area contributed by atoms with Gasteiger partial charge in [0.25, 0.3) is 0 Å². The zero-order valence-electron chi connectivity index (χ0n) is 10.1. The highest BCUT2D eigenvalue weighted by Gasteiger charge is 2.28. The Hall–Kier alpha value is -0.870. The molecule has 1 N–H and O–H groups in total. The topological polar surface area (TPSA) is 39.1 Å². The molecule has 0 radical (unpaired) electrons. The van der Waals surface area contributed by atoms with E-state index in [0.717, 1.165) is 32.6 Å². The second kappa shape index (κ2) is 5.46. The monoisotopic (exact) mass is 223 g/mol. The van der Waals surface area contributed by atoms with Crippen molar-refractivity contribution in [3.05, 3.63) is 18.0 Å². The van der Waals surface area contributed by atoms with Gasteiger partial charge in [-0.25, -0.2) is 0 Å². The molecule has 2 unspecified atom stereocenters. The van der Waals surface area contributed by atoms with E-state index in [1.807, 2.05) is 17.9 Å². The quantitative estimate of drug-likeness (QED) is 0.822. The minimum atomic E-state index is 0.384. The van der Waals surface area contributed by atoms with Crippen LogP contribution in [-0.4, -0.2) is 29.5 Å². The molecule has 0 bridgehead atoms. The van der Waals surface area contributed by atoms with Crippen molar-refractivity contribution in [1.29, 1.82) is 0 Å². The van der Waals surface area contributed by atoms with E-state index in [1.165, 1.54) is 5.69 Å². The van der Waals surface area contributed by atoms with E-state index in [9.17, 15) is 0 Å². The molecule has 1 aromatic rings. The lowest BCUT2D eigenvalue weighted by Gasteiger charge is -2.23. The molecule has 0 aliphatic carbocycles. The second-order valence-electron chi connectivity index (χ2n) is 4.44. The standard InChI is InChI=1S/C12H21N3O/c1-3-6-13-12(10-5-8-16-9-10)11-4-7-14-15(11)2/h4,7,10,12-13H,3,5-6,8-9H2,1-2H3. The highest BCUT2D eigenvalue weighted by molar-refractivity contribution is 5.08. The molecule has 16 heavy (non-hydrogen) atoms. The van der Waals surface area contributed by atoms with Gasteiger partial charge in [-0.2, -0.15) is 5.10 Å². The Kier molecular flexibility index (Phi) is 3.96. The van der Waals surface area contributed by atoms with Crippen molar-refractivity contribution in [3.8, 4) is 0 Å². The van der Waals surface area contributed by atoms with Crippen LogP contribution in [0.4, 0.5) is 0 Å². The predicted octanol–water partition coefficient (Wildman–Crippen LogP) is 1.50. The summed E-state index contributed by atoms with van der Waals surface area (Å²) < 4.78 is 7.45. The summed E-state index contributed by atoms with van der Waals surface area (Å²) in [6.45, 7) is 5.00. The molecule has 2 rings (SSSR count). The van der Waals surface area contributed by atoms with Crippen molar-refractivity contribution < 1.29 is 4.74 Å². The fourth-order valence-corrected chi connectivity index (χ4v) is 2.32. The van der Waals surface area contributed by atoms with Crippen molar-refractivity contribution in [2.45, 2.75) is 25.8 Å². The maximum atomic E-state index is 5.49. The average molecular weight is 223 g/mol. The van der Waals surface area contributed by atoms with Gasteiger partial charge in [-0.1, -0.05) is 6.92 Å². The highest BCUT2D eigenvalue weighted by atomic mass is 16.5. The first-order chi connectivity index (χ1) is 7.83. The van der Waals surface area contributed by atoms with Crippen molar-refractivity contribution in [1.82, 2.24) is 15.1 Å². The van der Waals surface area contributed by atoms with Crippen LogP contribution in [0.2, 0.25) is 0 Å². The molecule has 0 saturated carbocycles. The first kappa shape index (κ1) is 11.6. The van der Waals surface area contributed by atoms with Gasteiger partial charge in [-0.05, 0) is 25.5 Å². The third kappa shape index (κ3) is 2.44. The molecular formula is C12H21N3O. The minimum Gasteiger partial charge on any atom is -0.381 e. The van der Waals surface area contributed by atoms with E-state index in [4.69, 9.17) is 4.74 Å². The normalized spacial score (nSPS) is 22.5. The van der Waals surface area contributed by atoms with Crippen molar-refractivity contribution >= 4 is 0 Å². The van der Waals surface area contributed by atoms with Crippen molar-refractivity contribution in [2.75, 3.05) is 19.8 Å². The summed E-state index contributed by atoms with van der Waals surface area (Å²) in [7, 11) is 2.01. The Morgan fingerprint density at radius 3 is 3.12 bits per heavy atom. The van der Waals surface area contributed by atoms with Gasteiger partial charge < -0.3 is 10.1 Å². The molecule has 1 aliphatic rings. The Morgan fingerprint density at radius 2 is 2.56 bits per heavy atom. The van der Waals surface area contributed by atoms with E-state index >= 15 is 0 Å². The fraction of sp³-hybridized carbons (Fsp3) is 0.750. The number of hydrogen-bond donors (Lipinski definition) is 1. The zero-order chi connectivity index (χ0) is 11.4. The molecule has 4 heteroatoms. The van der Waals surface area contributed by atoms with Crippen LogP contribution < -0.4 is 5.32 Å². The van der Waals surface area contributed by atoms with Crippen LogP contribution in [0, 0.1) is 5.92 Å². The first-order valence-corrected chi connectivity index (χ1v) is 6.12. The number of nitrogens with one attached hydrogen (secondary N) is 1. The minimum absolute atomic E-state index is 0.384. The van der Waals surface area contributed by atoms with E-state index in [1.54, 1.807) is 0 Å². The van der Waals surface area contributed by atoms with Crippen LogP contribution in [0.5, 0.6) is 0 Å². The van der Waals surface area contributed by atoms with Crippen LogP contribution in [0.3, 0.4) is 0 Å². The fourth-order valence-electron chi connectivity index (χ4n) is 2.32. The Labute approximate surface area is 97.0 Å². The largest absolute Gasteiger partial charge is 0.381 e. The summed E-state index contributed by atoms with van der Waals surface area (Å²) in [5.41, 5.74) is 1.27. The van der Waals surface area contributed by atoms with Crippen LogP contribution in [0.15, 0.2) is 12.3 Å². The Balaban J connectivity index is 2.10. The number of ether oxygens (including phenoxy) is 1. The lowest BCUT2D eigenvalue weighted by atomic mass is 9.96. The van der Waals surface area contributed by atoms with Gasteiger partial charge >= 0.3 is 0 Å². The summed E-state index contributed by atoms with van der Waals surface area (Å²) >= 11 is 0. The van der Waals surface area contributed by atoms with Crippen molar-refractivity contribution in [3.63, 3.8) is 0 Å². The number of aryl methyl sites for hydroxylation is 1. The summed E-state index contributed by atoms with van der Waals surface area (Å²) in [5, 5.41) is 7.87. The first-order valence-electron chi connectivity index (χ1n) is 6.12. The SMILES string of the molecule is CCCNC(c1ccnn1C)C1CCOC1. The molecule has 0 spiro atoms. The van der Waals surface area contributed by atoms with E-state index in [0.29, 0.717) is 12.0 Å². The second-order valence-corrected chi connectivity index (χ2v) is 4.44. The molecule has 1 aromatic heterocycles. The van der Waals surface area contributed by atoms with Gasteiger partial charge in [-0.15, -0.1) is 0 Å². The molecule has 2 atom stereocenters. The van der Waals surface area contributed by atoms with Gasteiger partial charge in [0.15, 0.2) is 0 Å². The van der Waals surface area contributed by atoms with E-state index in [2.05, 4.69) is 23.4 Å². The molecule has 0 amide bonds. The Bertz CT molecular complexity index is 318. The predicted molar refractivity (Wildman–Crippen MR) is 63.2 cm³/mol. The molecule has 2 heterocycles. The summed E-state index contributed by atoms with van der Waals surface area (Å²) in [5.74, 6) is 0.585. The smallest absolute Gasteiger partial charge is 0.0554 e. The summed E-state index contributed by atoms with van der Waals surface area (Å²) in [4.78, 5) is 0. The maximum Gasteiger partial charge on any atom is 0.0554 e. The molecule has 4 nitrogen and oxygen atoms in total. The van der Waals surface area contributed by atoms with Crippen LogP contribution in [-0.2, 0) is 11.8 Å². The summed E-state index contributed by atoms with van der Waals surface area (Å²) in [6.07, 6.45) is 4.17. The number of rotatable bonds is 5. The maximum absolute atomic E-state index is 5.49. The molecule has 1 aliphatic heterocycles. The van der Waals surface area contributed by atoms with Crippen molar-refractivity contribution in [2.24, 2.45) is 13.0 Å². The number of hydrogen-bond acceptors (Lipinski definition) is 3. The third-order valence-corrected chi connectivity index (χ3v) is 3.23. The van der Waals surface area contributed by atoms with Crippen LogP contribution >= 0.6 is 0 Å². The number of nitrogens with zero attached hydrogens (tertiary/aromatic N) is 2. The van der Waals surface area contributed by atoms with E-state index in [-0.39, 0.29) is 0 Å². The average Bonchev–Trinajstić information content (AvgIpc) is 2.91. The zero-order valence-corrected chi connectivity index (χ0v) is 10.1. The molecule has 90 valence electrons. The highest BCUT2D eigenvalue weighted by Crippen LogP contribution is 2.28. The molecule has 1 fully saturated rings. The number of aromatic nitrogens is 2.